The molecule has 3 N–H and O–H groups in total. The van der Waals surface area contributed by atoms with Crippen molar-refractivity contribution in [2.45, 2.75) is 36.6 Å². The van der Waals surface area contributed by atoms with Crippen molar-refractivity contribution in [1.82, 2.24) is 0 Å². The van der Waals surface area contributed by atoms with Gasteiger partial charge in [0.25, 0.3) is 0 Å². The number of aliphatic hydroxyl groups excluding tert-OH is 3. The Kier molecular flexibility index (Phi) is 3.94. The zero-order valence-corrected chi connectivity index (χ0v) is 11.9. The highest BCUT2D eigenvalue weighted by atomic mass is 31.1. The van der Waals surface area contributed by atoms with Gasteiger partial charge in [0.1, 0.15) is 0 Å². The van der Waals surface area contributed by atoms with Crippen LogP contribution in [0.15, 0.2) is 0 Å². The molecule has 2 saturated heterocycles. The van der Waals surface area contributed by atoms with Gasteiger partial charge in [-0.05, 0) is 31.6 Å². The van der Waals surface area contributed by atoms with Crippen molar-refractivity contribution in [1.29, 1.82) is 0 Å². The maximum Gasteiger partial charge on any atom is 0.0876 e. The maximum atomic E-state index is 10.2. The Labute approximate surface area is 99.8 Å². The first kappa shape index (κ1) is 13.2. The third-order valence-corrected chi connectivity index (χ3v) is 9.72. The van der Waals surface area contributed by atoms with E-state index in [-0.39, 0.29) is 33.3 Å². The molecule has 2 rings (SSSR count). The molecule has 8 atom stereocenters. The van der Waals surface area contributed by atoms with Crippen molar-refractivity contribution < 1.29 is 15.3 Å². The minimum absolute atomic E-state index is 0.154. The van der Waals surface area contributed by atoms with E-state index in [0.29, 0.717) is 5.92 Å². The lowest BCUT2D eigenvalue weighted by atomic mass is 9.99. The second-order valence-corrected chi connectivity index (χ2v) is 10.3. The van der Waals surface area contributed by atoms with Crippen LogP contribution >= 0.6 is 15.8 Å². The monoisotopic (exact) mass is 264 g/mol. The predicted octanol–water partition coefficient (Wildman–Crippen LogP) is 0.693. The average molecular weight is 264 g/mol. The lowest BCUT2D eigenvalue weighted by Gasteiger charge is -2.32. The molecule has 2 aliphatic heterocycles. The molecule has 0 aliphatic carbocycles. The van der Waals surface area contributed by atoms with Crippen molar-refractivity contribution in [3.05, 3.63) is 0 Å². The van der Waals surface area contributed by atoms with Gasteiger partial charge >= 0.3 is 0 Å². The third kappa shape index (κ3) is 2.06. The lowest BCUT2D eigenvalue weighted by Crippen LogP contribution is -2.41. The van der Waals surface area contributed by atoms with Crippen molar-refractivity contribution in [3.63, 3.8) is 0 Å². The molecule has 2 heterocycles. The molecular formula is C11H22O3P2. The fourth-order valence-electron chi connectivity index (χ4n) is 3.22. The minimum atomic E-state index is -0.606. The van der Waals surface area contributed by atoms with E-state index in [0.717, 1.165) is 12.3 Å². The number of hydrogen-bond donors (Lipinski definition) is 3. The fourth-order valence-corrected chi connectivity index (χ4v) is 9.93. The molecule has 0 amide bonds. The standard InChI is InChI=1S/C11H22O3P2/c1-6-4-15(2)10(8(6)13)11-9(14)7(12)5-16(11)3/h6-14H,4-5H2,1-3H3/t6-,7-,8+,9+,10?,11-,15?,16?/m1/s1. The summed E-state index contributed by atoms with van der Waals surface area (Å²) in [5.41, 5.74) is 0.398. The van der Waals surface area contributed by atoms with Crippen LogP contribution < -0.4 is 0 Å². The van der Waals surface area contributed by atoms with Crippen LogP contribution in [0.2, 0.25) is 0 Å². The van der Waals surface area contributed by atoms with Crippen LogP contribution in [0, 0.1) is 5.92 Å². The Hall–Kier alpha value is 0.740. The Bertz CT molecular complexity index is 238. The zero-order valence-electron chi connectivity index (χ0n) is 10.1. The minimum Gasteiger partial charge on any atom is -0.392 e. The van der Waals surface area contributed by atoms with Crippen LogP contribution in [-0.2, 0) is 0 Å². The number of rotatable bonds is 1. The van der Waals surface area contributed by atoms with Gasteiger partial charge in [0.15, 0.2) is 0 Å². The van der Waals surface area contributed by atoms with E-state index >= 15 is 0 Å². The first-order valence-electron chi connectivity index (χ1n) is 5.88. The number of aliphatic hydroxyl groups is 3. The quantitative estimate of drug-likeness (QED) is 0.611. The summed E-state index contributed by atoms with van der Waals surface area (Å²) >= 11 is 0. The van der Waals surface area contributed by atoms with Gasteiger partial charge in [0.05, 0.1) is 18.3 Å². The highest BCUT2D eigenvalue weighted by Crippen LogP contribution is 2.60. The molecule has 0 radical (unpaired) electrons. The Balaban J connectivity index is 2.18. The molecule has 2 fully saturated rings. The molecule has 0 bridgehead atoms. The number of hydrogen-bond acceptors (Lipinski definition) is 3. The summed E-state index contributed by atoms with van der Waals surface area (Å²) in [6.45, 7) is 6.48. The maximum absolute atomic E-state index is 10.2. The average Bonchev–Trinajstić information content (AvgIpc) is 2.57. The summed E-state index contributed by atoms with van der Waals surface area (Å²) in [4.78, 5) is 0. The second kappa shape index (κ2) is 4.78. The molecule has 2 aliphatic rings. The Morgan fingerprint density at radius 1 is 0.875 bits per heavy atom. The fraction of sp³-hybridized carbons (Fsp3) is 1.00. The molecule has 5 heteroatoms. The molecule has 16 heavy (non-hydrogen) atoms. The second-order valence-electron chi connectivity index (χ2n) is 5.39. The van der Waals surface area contributed by atoms with E-state index < -0.39 is 12.2 Å². The van der Waals surface area contributed by atoms with Crippen LogP contribution in [0.25, 0.3) is 0 Å². The van der Waals surface area contributed by atoms with E-state index in [2.05, 4.69) is 20.3 Å². The highest BCUT2D eigenvalue weighted by Gasteiger charge is 2.50. The van der Waals surface area contributed by atoms with Crippen LogP contribution in [-0.4, -0.2) is 70.6 Å². The van der Waals surface area contributed by atoms with E-state index in [4.69, 9.17) is 0 Å². The van der Waals surface area contributed by atoms with Gasteiger partial charge in [-0.1, -0.05) is 6.92 Å². The van der Waals surface area contributed by atoms with Crippen LogP contribution in [0.1, 0.15) is 6.92 Å². The molecule has 0 aromatic carbocycles. The summed E-state index contributed by atoms with van der Waals surface area (Å²) in [5, 5.41) is 30.0. The van der Waals surface area contributed by atoms with Gasteiger partial charge in [0.2, 0.25) is 0 Å². The molecule has 94 valence electrons. The van der Waals surface area contributed by atoms with Crippen molar-refractivity contribution in [2.24, 2.45) is 5.92 Å². The zero-order chi connectivity index (χ0) is 12.0. The summed E-state index contributed by atoms with van der Waals surface area (Å²) in [6, 6.07) is 0. The SMILES string of the molecule is C[C@@H]1CP(C)C([C@H]2[C@@H](O)[C@H](O)CP2C)[C@H]1O. The molecule has 3 nitrogen and oxygen atoms in total. The van der Waals surface area contributed by atoms with E-state index in [1.807, 2.05) is 0 Å². The predicted molar refractivity (Wildman–Crippen MR) is 70.2 cm³/mol. The van der Waals surface area contributed by atoms with Crippen molar-refractivity contribution >= 4 is 15.8 Å². The van der Waals surface area contributed by atoms with Crippen LogP contribution in [0.5, 0.6) is 0 Å². The molecule has 3 unspecified atom stereocenters. The van der Waals surface area contributed by atoms with Gasteiger partial charge in [0, 0.05) is 11.3 Å². The Morgan fingerprint density at radius 2 is 1.38 bits per heavy atom. The summed E-state index contributed by atoms with van der Waals surface area (Å²) in [7, 11) is -0.530. The molecular weight excluding hydrogens is 242 g/mol. The van der Waals surface area contributed by atoms with E-state index in [9.17, 15) is 15.3 Å². The first-order valence-corrected chi connectivity index (χ1v) is 9.96. The molecule has 0 aromatic rings. The third-order valence-electron chi connectivity index (χ3n) is 4.10. The van der Waals surface area contributed by atoms with Crippen LogP contribution in [0.4, 0.5) is 0 Å². The summed E-state index contributed by atoms with van der Waals surface area (Å²) in [6.07, 6.45) is 0.399. The van der Waals surface area contributed by atoms with Gasteiger partial charge in [-0.15, -0.1) is 15.8 Å². The van der Waals surface area contributed by atoms with Crippen molar-refractivity contribution in [3.8, 4) is 0 Å². The smallest absolute Gasteiger partial charge is 0.0876 e. The summed E-state index contributed by atoms with van der Waals surface area (Å²) < 4.78 is 0. The topological polar surface area (TPSA) is 60.7 Å². The largest absolute Gasteiger partial charge is 0.392 e. The van der Waals surface area contributed by atoms with Crippen molar-refractivity contribution in [2.75, 3.05) is 25.7 Å². The lowest BCUT2D eigenvalue weighted by molar-refractivity contribution is 0.0311. The van der Waals surface area contributed by atoms with Crippen LogP contribution in [0.3, 0.4) is 0 Å². The molecule has 0 spiro atoms. The van der Waals surface area contributed by atoms with E-state index in [1.165, 1.54) is 0 Å². The van der Waals surface area contributed by atoms with Gasteiger partial charge < -0.3 is 15.3 Å². The molecule has 0 saturated carbocycles. The summed E-state index contributed by atoms with van der Waals surface area (Å²) in [5.74, 6) is 0.356. The first-order chi connectivity index (χ1) is 7.43. The highest BCUT2D eigenvalue weighted by molar-refractivity contribution is 7.62. The van der Waals surface area contributed by atoms with Gasteiger partial charge in [-0.2, -0.15) is 0 Å². The molecule has 0 aromatic heterocycles. The Morgan fingerprint density at radius 3 is 1.75 bits per heavy atom. The van der Waals surface area contributed by atoms with Gasteiger partial charge in [-0.25, -0.2) is 0 Å². The van der Waals surface area contributed by atoms with E-state index in [1.54, 1.807) is 0 Å². The van der Waals surface area contributed by atoms with Gasteiger partial charge in [-0.3, -0.25) is 0 Å². The normalized spacial score (nSPS) is 58.1.